The summed E-state index contributed by atoms with van der Waals surface area (Å²) >= 11 is 7.17. The maximum atomic E-state index is 13.1. The molecule has 172 valence electrons. The Labute approximate surface area is 204 Å². The molecule has 2 amide bonds. The van der Waals surface area contributed by atoms with E-state index in [-0.39, 0.29) is 23.2 Å². The lowest BCUT2D eigenvalue weighted by Crippen LogP contribution is -2.44. The molecule has 4 rings (SSSR count). The number of likely N-dealkylation sites (N-methyl/N-ethyl adjacent to an activating group) is 1. The zero-order valence-electron chi connectivity index (χ0n) is 19.4. The van der Waals surface area contributed by atoms with Crippen LogP contribution in [0.2, 0.25) is 5.02 Å². The van der Waals surface area contributed by atoms with Gasteiger partial charge in [0.2, 0.25) is 0 Å². The molecule has 7 heteroatoms. The van der Waals surface area contributed by atoms with Gasteiger partial charge in [0.15, 0.2) is 0 Å². The number of imide groups is 1. The molecule has 0 aliphatic carbocycles. The van der Waals surface area contributed by atoms with E-state index < -0.39 is 0 Å². The molecule has 2 aliphatic heterocycles. The molecule has 1 fully saturated rings. The maximum absolute atomic E-state index is 13.1. The average molecular weight is 483 g/mol. The molecule has 0 aromatic heterocycles. The smallest absolute Gasteiger partial charge is 0.293 e. The maximum Gasteiger partial charge on any atom is 0.293 e. The zero-order chi connectivity index (χ0) is 23.9. The minimum atomic E-state index is -0.326. The van der Waals surface area contributed by atoms with Gasteiger partial charge in [-0.2, -0.15) is 0 Å². The van der Waals surface area contributed by atoms with Gasteiger partial charge in [0.05, 0.1) is 24.1 Å². The highest BCUT2D eigenvalue weighted by molar-refractivity contribution is 8.18. The molecule has 0 bridgehead atoms. The molecule has 0 atom stereocenters. The minimum Gasteiger partial charge on any atom is -0.496 e. The third-order valence-corrected chi connectivity index (χ3v) is 7.37. The Morgan fingerprint density at radius 1 is 1.18 bits per heavy atom. The molecule has 5 nitrogen and oxygen atoms in total. The first-order valence-corrected chi connectivity index (χ1v) is 12.0. The Balaban J connectivity index is 1.71. The number of hydrogen-bond donors (Lipinski definition) is 0. The lowest BCUT2D eigenvalue weighted by molar-refractivity contribution is -0.123. The van der Waals surface area contributed by atoms with Crippen molar-refractivity contribution in [2.45, 2.75) is 39.8 Å². The predicted octanol–water partition coefficient (Wildman–Crippen LogP) is 6.61. The molecular formula is C26H27ClN2O3S. The van der Waals surface area contributed by atoms with Crippen molar-refractivity contribution in [2.75, 3.05) is 18.6 Å². The van der Waals surface area contributed by atoms with Crippen LogP contribution in [0, 0.1) is 0 Å². The van der Waals surface area contributed by atoms with Gasteiger partial charge >= 0.3 is 0 Å². The van der Waals surface area contributed by atoms with Crippen molar-refractivity contribution in [3.8, 4) is 5.75 Å². The number of anilines is 1. The molecular weight excluding hydrogens is 456 g/mol. The second kappa shape index (κ2) is 8.92. The number of halogens is 1. The van der Waals surface area contributed by atoms with E-state index in [4.69, 9.17) is 16.3 Å². The van der Waals surface area contributed by atoms with Crippen molar-refractivity contribution in [1.29, 1.82) is 0 Å². The second-order valence-corrected chi connectivity index (χ2v) is 10.1. The van der Waals surface area contributed by atoms with Crippen LogP contribution in [-0.4, -0.2) is 35.2 Å². The number of rotatable bonds is 5. The fraction of sp³-hybridized carbons (Fsp3) is 0.308. The van der Waals surface area contributed by atoms with Crippen LogP contribution >= 0.6 is 23.4 Å². The number of nitrogens with zero attached hydrogens (tertiary/aromatic N) is 2. The van der Waals surface area contributed by atoms with E-state index in [1.165, 1.54) is 10.5 Å². The van der Waals surface area contributed by atoms with Crippen LogP contribution in [0.1, 0.15) is 44.4 Å². The molecule has 2 heterocycles. The highest BCUT2D eigenvalue weighted by atomic mass is 35.5. The van der Waals surface area contributed by atoms with Crippen molar-refractivity contribution < 1.29 is 14.3 Å². The molecule has 33 heavy (non-hydrogen) atoms. The summed E-state index contributed by atoms with van der Waals surface area (Å²) in [6.07, 6.45) is 4.01. The first kappa shape index (κ1) is 23.5. The van der Waals surface area contributed by atoms with Crippen LogP contribution in [0.4, 0.5) is 10.5 Å². The number of hydrogen-bond acceptors (Lipinski definition) is 5. The zero-order valence-corrected chi connectivity index (χ0v) is 21.0. The van der Waals surface area contributed by atoms with Gasteiger partial charge in [-0.05, 0) is 68.8 Å². The molecule has 0 unspecified atom stereocenters. The quantitative estimate of drug-likeness (QED) is 0.449. The summed E-state index contributed by atoms with van der Waals surface area (Å²) in [7, 11) is 1.62. The number of ether oxygens (including phenoxy) is 1. The minimum absolute atomic E-state index is 0.111. The lowest BCUT2D eigenvalue weighted by Gasteiger charge is -2.43. The van der Waals surface area contributed by atoms with Gasteiger partial charge in [-0.15, -0.1) is 0 Å². The molecule has 2 aromatic rings. The van der Waals surface area contributed by atoms with Crippen LogP contribution in [0.3, 0.4) is 0 Å². The normalized spacial score (nSPS) is 18.6. The largest absolute Gasteiger partial charge is 0.496 e. The van der Waals surface area contributed by atoms with Gasteiger partial charge in [-0.25, -0.2) is 0 Å². The van der Waals surface area contributed by atoms with Crippen molar-refractivity contribution in [3.63, 3.8) is 0 Å². The highest BCUT2D eigenvalue weighted by Crippen LogP contribution is 2.43. The Kier molecular flexibility index (Phi) is 6.34. The van der Waals surface area contributed by atoms with Gasteiger partial charge in [-0.3, -0.25) is 14.5 Å². The molecule has 0 radical (unpaired) electrons. The Morgan fingerprint density at radius 2 is 1.91 bits per heavy atom. The summed E-state index contributed by atoms with van der Waals surface area (Å²) in [5, 5.41) is 0.223. The number of carbonyl (C=O) groups excluding carboxylic acids is 2. The van der Waals surface area contributed by atoms with Gasteiger partial charge in [0, 0.05) is 34.4 Å². The van der Waals surface area contributed by atoms with Crippen LogP contribution < -0.4 is 9.64 Å². The van der Waals surface area contributed by atoms with Gasteiger partial charge < -0.3 is 9.64 Å². The van der Waals surface area contributed by atoms with E-state index >= 15 is 0 Å². The van der Waals surface area contributed by atoms with E-state index in [1.807, 2.05) is 30.3 Å². The van der Waals surface area contributed by atoms with Crippen LogP contribution in [-0.2, 0) is 11.3 Å². The molecule has 2 aliphatic rings. The molecule has 0 saturated carbocycles. The SMILES string of the molecule is CCN1c2cc(OC)c(/C=C3/SC(=O)N(Cc4ccccc4Cl)C3=O)cc2C(C)=CC1(C)C. The van der Waals surface area contributed by atoms with E-state index in [0.717, 1.165) is 40.7 Å². The third-order valence-electron chi connectivity index (χ3n) is 6.09. The molecule has 2 aromatic carbocycles. The number of benzene rings is 2. The Hall–Kier alpha value is -2.70. The van der Waals surface area contributed by atoms with Crippen LogP contribution in [0.5, 0.6) is 5.75 Å². The Bertz CT molecular complexity index is 1200. The summed E-state index contributed by atoms with van der Waals surface area (Å²) < 4.78 is 5.69. The van der Waals surface area contributed by atoms with E-state index in [1.54, 1.807) is 19.3 Å². The van der Waals surface area contributed by atoms with Gasteiger partial charge in [0.25, 0.3) is 11.1 Å². The number of amides is 2. The average Bonchev–Trinajstić information content (AvgIpc) is 3.02. The van der Waals surface area contributed by atoms with Gasteiger partial charge in [-0.1, -0.05) is 35.9 Å². The monoisotopic (exact) mass is 482 g/mol. The number of methoxy groups -OCH3 is 1. The summed E-state index contributed by atoms with van der Waals surface area (Å²) in [6, 6.07) is 11.3. The fourth-order valence-electron chi connectivity index (χ4n) is 4.56. The third kappa shape index (κ3) is 4.30. The van der Waals surface area contributed by atoms with E-state index in [0.29, 0.717) is 15.7 Å². The van der Waals surface area contributed by atoms with E-state index in [9.17, 15) is 9.59 Å². The predicted molar refractivity (Wildman–Crippen MR) is 137 cm³/mol. The van der Waals surface area contributed by atoms with E-state index in [2.05, 4.69) is 38.7 Å². The Morgan fingerprint density at radius 3 is 2.58 bits per heavy atom. The number of allylic oxidation sites excluding steroid dienone is 1. The topological polar surface area (TPSA) is 49.9 Å². The molecule has 0 N–H and O–H groups in total. The number of thioether (sulfide) groups is 1. The van der Waals surface area contributed by atoms with Crippen molar-refractivity contribution >= 4 is 51.8 Å². The van der Waals surface area contributed by atoms with Crippen molar-refractivity contribution in [2.24, 2.45) is 0 Å². The molecule has 1 saturated heterocycles. The number of carbonyl (C=O) groups is 2. The van der Waals surface area contributed by atoms with Crippen LogP contribution in [0.15, 0.2) is 47.4 Å². The first-order valence-electron chi connectivity index (χ1n) is 10.8. The van der Waals surface area contributed by atoms with Crippen molar-refractivity contribution in [3.05, 3.63) is 69.1 Å². The van der Waals surface area contributed by atoms with Crippen LogP contribution in [0.25, 0.3) is 11.6 Å². The number of fused-ring (bicyclic) bond motifs is 1. The first-order chi connectivity index (χ1) is 15.7. The molecule has 0 spiro atoms. The summed E-state index contributed by atoms with van der Waals surface area (Å²) in [5.74, 6) is 0.337. The van der Waals surface area contributed by atoms with Crippen molar-refractivity contribution in [1.82, 2.24) is 4.90 Å². The highest BCUT2D eigenvalue weighted by Gasteiger charge is 2.36. The second-order valence-electron chi connectivity index (χ2n) is 8.70. The lowest BCUT2D eigenvalue weighted by atomic mass is 9.87. The van der Waals surface area contributed by atoms with Gasteiger partial charge in [0.1, 0.15) is 5.75 Å². The summed E-state index contributed by atoms with van der Waals surface area (Å²) in [5.41, 5.74) is 4.76. The summed E-state index contributed by atoms with van der Waals surface area (Å²) in [4.78, 5) is 29.6. The standard InChI is InChI=1S/C26H27ClN2O3S/c1-6-29-21-13-22(32-5)18(11-19(21)16(2)14-26(29,3)4)12-23-24(30)28(25(31)33-23)15-17-9-7-8-10-20(17)27/h7-14H,6,15H2,1-5H3/b23-12+. The fourth-order valence-corrected chi connectivity index (χ4v) is 5.59. The summed E-state index contributed by atoms with van der Waals surface area (Å²) in [6.45, 7) is 9.62.